The van der Waals surface area contributed by atoms with E-state index in [1.165, 1.54) is 6.92 Å². The van der Waals surface area contributed by atoms with Crippen LogP contribution in [-0.2, 0) is 20.9 Å². The molecule has 0 radical (unpaired) electrons. The second-order valence-electron chi connectivity index (χ2n) is 5.79. The standard InChI is InChI=1S/C17H20N4O3/c1-4-24-16(23)8-13-9-20-10-15(14-7-5-6-11(2)18-14)19-17(20)21(13)12(3)22/h5-7,10,13H,4,8-9H2,1-3H3. The first-order valence-electron chi connectivity index (χ1n) is 7.96. The van der Waals surface area contributed by atoms with Gasteiger partial charge in [-0.1, -0.05) is 6.07 Å². The minimum atomic E-state index is -0.305. The van der Waals surface area contributed by atoms with Crippen LogP contribution in [-0.4, -0.2) is 39.1 Å². The van der Waals surface area contributed by atoms with Crippen LogP contribution >= 0.6 is 0 Å². The summed E-state index contributed by atoms with van der Waals surface area (Å²) < 4.78 is 6.89. The Morgan fingerprint density at radius 2 is 2.08 bits per heavy atom. The van der Waals surface area contributed by atoms with Gasteiger partial charge in [0.25, 0.3) is 0 Å². The molecular weight excluding hydrogens is 308 g/mol. The van der Waals surface area contributed by atoms with Gasteiger partial charge >= 0.3 is 5.97 Å². The van der Waals surface area contributed by atoms with Crippen molar-refractivity contribution in [2.24, 2.45) is 0 Å². The van der Waals surface area contributed by atoms with E-state index >= 15 is 0 Å². The molecule has 7 nitrogen and oxygen atoms in total. The number of nitrogens with zero attached hydrogens (tertiary/aromatic N) is 4. The molecular formula is C17H20N4O3. The second kappa shape index (κ2) is 6.43. The number of hydrogen-bond donors (Lipinski definition) is 0. The Balaban J connectivity index is 1.87. The van der Waals surface area contributed by atoms with Gasteiger partial charge in [-0.2, -0.15) is 0 Å². The number of anilines is 1. The highest BCUT2D eigenvalue weighted by atomic mass is 16.5. The van der Waals surface area contributed by atoms with Gasteiger partial charge in [-0.25, -0.2) is 4.98 Å². The van der Waals surface area contributed by atoms with Crippen LogP contribution in [0, 0.1) is 6.92 Å². The maximum Gasteiger partial charge on any atom is 0.307 e. The predicted octanol–water partition coefficient (Wildman–Crippen LogP) is 1.94. The molecule has 24 heavy (non-hydrogen) atoms. The van der Waals surface area contributed by atoms with Gasteiger partial charge in [-0.05, 0) is 26.0 Å². The van der Waals surface area contributed by atoms with Crippen LogP contribution < -0.4 is 4.90 Å². The van der Waals surface area contributed by atoms with Gasteiger partial charge in [-0.15, -0.1) is 0 Å². The highest BCUT2D eigenvalue weighted by Gasteiger charge is 2.36. The molecule has 2 aromatic heterocycles. The number of amides is 1. The number of imidazole rings is 1. The monoisotopic (exact) mass is 328 g/mol. The van der Waals surface area contributed by atoms with Crippen molar-refractivity contribution < 1.29 is 14.3 Å². The van der Waals surface area contributed by atoms with Gasteiger partial charge in [0.2, 0.25) is 11.9 Å². The lowest BCUT2D eigenvalue weighted by molar-refractivity contribution is -0.143. The van der Waals surface area contributed by atoms with E-state index in [-0.39, 0.29) is 24.3 Å². The van der Waals surface area contributed by atoms with Crippen molar-refractivity contribution in [1.82, 2.24) is 14.5 Å². The predicted molar refractivity (Wildman–Crippen MR) is 88.4 cm³/mol. The largest absolute Gasteiger partial charge is 0.466 e. The van der Waals surface area contributed by atoms with E-state index in [1.807, 2.05) is 35.9 Å². The lowest BCUT2D eigenvalue weighted by Gasteiger charge is -2.20. The maximum atomic E-state index is 12.1. The van der Waals surface area contributed by atoms with Gasteiger partial charge in [0.05, 0.1) is 24.8 Å². The molecule has 0 saturated carbocycles. The van der Waals surface area contributed by atoms with Crippen molar-refractivity contribution in [2.75, 3.05) is 11.5 Å². The molecule has 1 aliphatic heterocycles. The summed E-state index contributed by atoms with van der Waals surface area (Å²) in [5.74, 6) is 0.104. The molecule has 0 aliphatic carbocycles. The molecule has 0 saturated heterocycles. The van der Waals surface area contributed by atoms with E-state index in [2.05, 4.69) is 9.97 Å². The summed E-state index contributed by atoms with van der Waals surface area (Å²) in [6, 6.07) is 5.47. The quantitative estimate of drug-likeness (QED) is 0.802. The first-order chi connectivity index (χ1) is 11.5. The summed E-state index contributed by atoms with van der Waals surface area (Å²) in [4.78, 5) is 34.4. The van der Waals surface area contributed by atoms with Gasteiger partial charge < -0.3 is 9.30 Å². The van der Waals surface area contributed by atoms with Crippen LogP contribution in [0.1, 0.15) is 26.0 Å². The van der Waals surface area contributed by atoms with Gasteiger partial charge in [0, 0.05) is 25.4 Å². The molecule has 1 unspecified atom stereocenters. The van der Waals surface area contributed by atoms with Crippen molar-refractivity contribution in [1.29, 1.82) is 0 Å². The van der Waals surface area contributed by atoms with E-state index in [9.17, 15) is 9.59 Å². The smallest absolute Gasteiger partial charge is 0.307 e. The Labute approximate surface area is 140 Å². The third-order valence-electron chi connectivity index (χ3n) is 3.94. The molecule has 1 amide bonds. The highest BCUT2D eigenvalue weighted by Crippen LogP contribution is 2.30. The molecule has 0 N–H and O–H groups in total. The Hall–Kier alpha value is -2.70. The van der Waals surface area contributed by atoms with Crippen molar-refractivity contribution in [3.05, 3.63) is 30.1 Å². The highest BCUT2D eigenvalue weighted by molar-refractivity contribution is 5.92. The van der Waals surface area contributed by atoms with Crippen LogP contribution in [0.4, 0.5) is 5.95 Å². The number of carbonyl (C=O) groups is 2. The molecule has 0 spiro atoms. The van der Waals surface area contributed by atoms with E-state index in [0.29, 0.717) is 19.1 Å². The Morgan fingerprint density at radius 1 is 1.29 bits per heavy atom. The number of pyridine rings is 1. The summed E-state index contributed by atoms with van der Waals surface area (Å²) in [6.45, 7) is 6.02. The summed E-state index contributed by atoms with van der Waals surface area (Å²) >= 11 is 0. The molecule has 1 aliphatic rings. The SMILES string of the molecule is CCOC(=O)CC1Cn2cc(-c3cccc(C)n3)nc2N1C(C)=O. The number of hydrogen-bond acceptors (Lipinski definition) is 5. The molecule has 0 fully saturated rings. The summed E-state index contributed by atoms with van der Waals surface area (Å²) in [7, 11) is 0. The number of aryl methyl sites for hydroxylation is 1. The van der Waals surface area contributed by atoms with Gasteiger partial charge in [0.15, 0.2) is 0 Å². The Morgan fingerprint density at radius 3 is 2.75 bits per heavy atom. The zero-order chi connectivity index (χ0) is 17.3. The van der Waals surface area contributed by atoms with E-state index in [0.717, 1.165) is 17.1 Å². The molecule has 2 aromatic rings. The molecule has 3 heterocycles. The fourth-order valence-corrected chi connectivity index (χ4v) is 2.98. The summed E-state index contributed by atoms with van der Waals surface area (Å²) in [5.41, 5.74) is 2.39. The topological polar surface area (TPSA) is 77.3 Å². The normalized spacial score (nSPS) is 16.1. The lowest BCUT2D eigenvalue weighted by atomic mass is 10.2. The second-order valence-corrected chi connectivity index (χ2v) is 5.79. The van der Waals surface area contributed by atoms with E-state index in [4.69, 9.17) is 4.74 Å². The van der Waals surface area contributed by atoms with Gasteiger partial charge in [0.1, 0.15) is 5.69 Å². The van der Waals surface area contributed by atoms with E-state index < -0.39 is 0 Å². The van der Waals surface area contributed by atoms with Crippen molar-refractivity contribution >= 4 is 17.8 Å². The minimum absolute atomic E-state index is 0.141. The zero-order valence-corrected chi connectivity index (χ0v) is 14.0. The Kier molecular flexibility index (Phi) is 4.33. The van der Waals surface area contributed by atoms with Crippen LogP contribution in [0.5, 0.6) is 0 Å². The van der Waals surface area contributed by atoms with Crippen molar-refractivity contribution in [2.45, 2.75) is 39.8 Å². The molecule has 126 valence electrons. The fourth-order valence-electron chi connectivity index (χ4n) is 2.98. The number of ether oxygens (including phenoxy) is 1. The van der Waals surface area contributed by atoms with Gasteiger partial charge in [-0.3, -0.25) is 19.5 Å². The maximum absolute atomic E-state index is 12.1. The Bertz CT molecular complexity index is 784. The molecule has 0 aromatic carbocycles. The average Bonchev–Trinajstić information content (AvgIpc) is 3.04. The lowest BCUT2D eigenvalue weighted by Crippen LogP contribution is -2.38. The van der Waals surface area contributed by atoms with Crippen molar-refractivity contribution in [3.8, 4) is 11.4 Å². The zero-order valence-electron chi connectivity index (χ0n) is 14.0. The summed E-state index contributed by atoms with van der Waals surface area (Å²) in [5, 5.41) is 0. The first kappa shape index (κ1) is 16.2. The third-order valence-corrected chi connectivity index (χ3v) is 3.94. The third kappa shape index (κ3) is 3.02. The van der Waals surface area contributed by atoms with E-state index in [1.54, 1.807) is 11.8 Å². The molecule has 7 heteroatoms. The number of carbonyl (C=O) groups excluding carboxylic acids is 2. The number of fused-ring (bicyclic) bond motifs is 1. The number of rotatable bonds is 4. The molecule has 0 bridgehead atoms. The fraction of sp³-hybridized carbons (Fsp3) is 0.412. The van der Waals surface area contributed by atoms with Crippen molar-refractivity contribution in [3.63, 3.8) is 0 Å². The summed E-state index contributed by atoms with van der Waals surface area (Å²) in [6.07, 6.45) is 2.03. The van der Waals surface area contributed by atoms with Crippen LogP contribution in [0.15, 0.2) is 24.4 Å². The van der Waals surface area contributed by atoms with Crippen LogP contribution in [0.25, 0.3) is 11.4 Å². The van der Waals surface area contributed by atoms with Crippen LogP contribution in [0.3, 0.4) is 0 Å². The number of aromatic nitrogens is 3. The molecule has 3 rings (SSSR count). The van der Waals surface area contributed by atoms with Crippen LogP contribution in [0.2, 0.25) is 0 Å². The molecule has 1 atom stereocenters. The average molecular weight is 328 g/mol. The number of esters is 1. The first-order valence-corrected chi connectivity index (χ1v) is 7.96. The minimum Gasteiger partial charge on any atom is -0.466 e.